The van der Waals surface area contributed by atoms with E-state index in [9.17, 15) is 19.7 Å². The van der Waals surface area contributed by atoms with Gasteiger partial charge in [-0.05, 0) is 44.0 Å². The van der Waals surface area contributed by atoms with E-state index < -0.39 is 4.92 Å². The molecular formula is C20H23N3O4S. The van der Waals surface area contributed by atoms with E-state index in [-0.39, 0.29) is 29.8 Å². The summed E-state index contributed by atoms with van der Waals surface area (Å²) in [6.45, 7) is 5.82. The molecule has 0 saturated carbocycles. The Morgan fingerprint density at radius 1 is 1.11 bits per heavy atom. The largest absolute Gasteiger partial charge is 0.336 e. The van der Waals surface area contributed by atoms with Gasteiger partial charge in [0.1, 0.15) is 0 Å². The molecule has 0 atom stereocenters. The summed E-state index contributed by atoms with van der Waals surface area (Å²) in [7, 11) is 1.58. The fourth-order valence-electron chi connectivity index (χ4n) is 2.78. The predicted octanol–water partition coefficient (Wildman–Crippen LogP) is 3.71. The van der Waals surface area contributed by atoms with Crippen molar-refractivity contribution in [2.45, 2.75) is 25.7 Å². The Morgan fingerprint density at radius 3 is 2.21 bits per heavy atom. The number of aryl methyl sites for hydroxylation is 3. The second-order valence-electron chi connectivity index (χ2n) is 6.61. The second kappa shape index (κ2) is 9.36. The molecule has 2 aromatic carbocycles. The number of nitro groups is 1. The first kappa shape index (κ1) is 21.4. The molecule has 28 heavy (non-hydrogen) atoms. The lowest BCUT2D eigenvalue weighted by Gasteiger charge is -2.18. The van der Waals surface area contributed by atoms with Gasteiger partial charge >= 0.3 is 0 Å². The average molecular weight is 401 g/mol. The number of benzene rings is 2. The van der Waals surface area contributed by atoms with E-state index in [1.807, 2.05) is 32.9 Å². The summed E-state index contributed by atoms with van der Waals surface area (Å²) in [5.74, 6) is -0.313. The van der Waals surface area contributed by atoms with Crippen LogP contribution in [-0.4, -0.2) is 41.0 Å². The van der Waals surface area contributed by atoms with E-state index in [1.54, 1.807) is 19.2 Å². The molecule has 1 N–H and O–H groups in total. The molecule has 8 heteroatoms. The Labute approximate surface area is 168 Å². The van der Waals surface area contributed by atoms with Crippen LogP contribution in [0.15, 0.2) is 41.3 Å². The highest BCUT2D eigenvalue weighted by Crippen LogP contribution is 2.23. The van der Waals surface area contributed by atoms with E-state index in [1.165, 1.54) is 28.8 Å². The first-order chi connectivity index (χ1) is 13.2. The summed E-state index contributed by atoms with van der Waals surface area (Å²) in [5.41, 5.74) is 3.87. The fourth-order valence-corrected chi connectivity index (χ4v) is 3.62. The van der Waals surface area contributed by atoms with Gasteiger partial charge in [0, 0.05) is 29.8 Å². The van der Waals surface area contributed by atoms with E-state index in [2.05, 4.69) is 5.32 Å². The van der Waals surface area contributed by atoms with E-state index in [0.717, 1.165) is 27.3 Å². The molecule has 0 aromatic heterocycles. The first-order valence-corrected chi connectivity index (χ1v) is 9.65. The van der Waals surface area contributed by atoms with Crippen LogP contribution in [0.5, 0.6) is 0 Å². The highest BCUT2D eigenvalue weighted by molar-refractivity contribution is 8.00. The van der Waals surface area contributed by atoms with Crippen LogP contribution >= 0.6 is 11.8 Å². The number of hydrogen-bond acceptors (Lipinski definition) is 5. The number of nitro benzene ring substituents is 1. The fraction of sp³-hybridized carbons (Fsp3) is 0.300. The summed E-state index contributed by atoms with van der Waals surface area (Å²) in [4.78, 5) is 36.9. The summed E-state index contributed by atoms with van der Waals surface area (Å²) < 4.78 is 0. The van der Waals surface area contributed by atoms with Crippen molar-refractivity contribution in [3.05, 3.63) is 63.2 Å². The topological polar surface area (TPSA) is 92.6 Å². The molecule has 148 valence electrons. The molecule has 7 nitrogen and oxygen atoms in total. The van der Waals surface area contributed by atoms with Crippen molar-refractivity contribution in [2.24, 2.45) is 0 Å². The molecule has 2 amide bonds. The number of thioether (sulfide) groups is 1. The van der Waals surface area contributed by atoms with Gasteiger partial charge < -0.3 is 10.2 Å². The van der Waals surface area contributed by atoms with Crippen LogP contribution in [0, 0.1) is 30.9 Å². The number of rotatable bonds is 7. The quantitative estimate of drug-likeness (QED) is 0.434. The molecule has 0 aliphatic carbocycles. The van der Waals surface area contributed by atoms with E-state index >= 15 is 0 Å². The lowest BCUT2D eigenvalue weighted by atomic mass is 10.1. The average Bonchev–Trinajstić information content (AvgIpc) is 2.62. The van der Waals surface area contributed by atoms with Crippen LogP contribution in [0.2, 0.25) is 0 Å². The zero-order chi connectivity index (χ0) is 20.8. The second-order valence-corrected chi connectivity index (χ2v) is 7.66. The van der Waals surface area contributed by atoms with Crippen molar-refractivity contribution < 1.29 is 14.5 Å². The van der Waals surface area contributed by atoms with Crippen molar-refractivity contribution in [2.75, 3.05) is 24.7 Å². The van der Waals surface area contributed by atoms with Crippen molar-refractivity contribution in [3.8, 4) is 0 Å². The molecule has 0 saturated heterocycles. The maximum Gasteiger partial charge on any atom is 0.269 e. The predicted molar refractivity (Wildman–Crippen MR) is 111 cm³/mol. The minimum Gasteiger partial charge on any atom is -0.336 e. The molecule has 0 bridgehead atoms. The van der Waals surface area contributed by atoms with Crippen LogP contribution in [0.25, 0.3) is 0 Å². The van der Waals surface area contributed by atoms with Crippen molar-refractivity contribution in [1.29, 1.82) is 0 Å². The zero-order valence-electron chi connectivity index (χ0n) is 16.3. The molecule has 0 heterocycles. The van der Waals surface area contributed by atoms with E-state index in [0.29, 0.717) is 0 Å². The molecule has 0 radical (unpaired) electrons. The number of nitrogens with zero attached hydrogens (tertiary/aromatic N) is 2. The monoisotopic (exact) mass is 401 g/mol. The van der Waals surface area contributed by atoms with Gasteiger partial charge in [-0.3, -0.25) is 19.7 Å². The third kappa shape index (κ3) is 5.82. The van der Waals surface area contributed by atoms with Crippen molar-refractivity contribution in [1.82, 2.24) is 4.90 Å². The number of anilines is 1. The molecule has 2 rings (SSSR count). The molecule has 0 aliphatic rings. The number of hydrogen-bond donors (Lipinski definition) is 1. The zero-order valence-corrected chi connectivity index (χ0v) is 17.1. The summed E-state index contributed by atoms with van der Waals surface area (Å²) in [5, 5.41) is 13.5. The van der Waals surface area contributed by atoms with Gasteiger partial charge in [0.25, 0.3) is 5.69 Å². The smallest absolute Gasteiger partial charge is 0.269 e. The minimum atomic E-state index is -0.469. The Kier molecular flexibility index (Phi) is 7.17. The van der Waals surface area contributed by atoms with Gasteiger partial charge in [0.2, 0.25) is 11.8 Å². The van der Waals surface area contributed by atoms with Crippen LogP contribution in [0.1, 0.15) is 16.7 Å². The van der Waals surface area contributed by atoms with Crippen LogP contribution < -0.4 is 5.32 Å². The third-order valence-corrected chi connectivity index (χ3v) is 5.15. The maximum atomic E-state index is 12.3. The highest BCUT2D eigenvalue weighted by atomic mass is 32.2. The molecule has 2 aromatic rings. The molecule has 0 aliphatic heterocycles. The molecular weight excluding hydrogens is 378 g/mol. The molecule has 0 unspecified atom stereocenters. The van der Waals surface area contributed by atoms with Crippen LogP contribution in [0.3, 0.4) is 0 Å². The van der Waals surface area contributed by atoms with Gasteiger partial charge in [0.05, 0.1) is 17.2 Å². The van der Waals surface area contributed by atoms with Gasteiger partial charge in [-0.2, -0.15) is 0 Å². The number of nitrogens with one attached hydrogen (secondary N) is 1. The van der Waals surface area contributed by atoms with Gasteiger partial charge in [-0.1, -0.05) is 17.7 Å². The first-order valence-electron chi connectivity index (χ1n) is 8.66. The Morgan fingerprint density at radius 2 is 1.68 bits per heavy atom. The number of carbonyl (C=O) groups is 2. The minimum absolute atomic E-state index is 0.00570. The Balaban J connectivity index is 1.88. The maximum absolute atomic E-state index is 12.3. The Hall–Kier alpha value is -2.87. The lowest BCUT2D eigenvalue weighted by molar-refractivity contribution is -0.384. The molecule has 0 spiro atoms. The van der Waals surface area contributed by atoms with Gasteiger partial charge in [-0.25, -0.2) is 0 Å². The molecule has 0 fully saturated rings. The number of carbonyl (C=O) groups excluding carboxylic acids is 2. The lowest BCUT2D eigenvalue weighted by Crippen LogP contribution is -2.36. The summed E-state index contributed by atoms with van der Waals surface area (Å²) in [6, 6.07) is 10.0. The van der Waals surface area contributed by atoms with Gasteiger partial charge in [0.15, 0.2) is 0 Å². The third-order valence-electron chi connectivity index (χ3n) is 4.16. The number of non-ortho nitro benzene ring substituents is 1. The SMILES string of the molecule is Cc1cc(C)c(NC(=O)CN(C)C(=O)CSc2ccc([N+](=O)[O-])cc2)c(C)c1. The summed E-state index contributed by atoms with van der Waals surface area (Å²) >= 11 is 1.27. The standard InChI is InChI=1S/C20H23N3O4S/c1-13-9-14(2)20(15(3)10-13)21-18(24)11-22(4)19(25)12-28-17-7-5-16(6-8-17)23(26)27/h5-10H,11-12H2,1-4H3,(H,21,24). The highest BCUT2D eigenvalue weighted by Gasteiger charge is 2.15. The number of likely N-dealkylation sites (N-methyl/N-ethyl adjacent to an activating group) is 1. The Bertz CT molecular complexity index is 874. The van der Waals surface area contributed by atoms with E-state index in [4.69, 9.17) is 0 Å². The normalized spacial score (nSPS) is 10.4. The van der Waals surface area contributed by atoms with Crippen molar-refractivity contribution >= 4 is 35.0 Å². The summed E-state index contributed by atoms with van der Waals surface area (Å²) in [6.07, 6.45) is 0. The van der Waals surface area contributed by atoms with Crippen LogP contribution in [0.4, 0.5) is 11.4 Å². The van der Waals surface area contributed by atoms with Crippen LogP contribution in [-0.2, 0) is 9.59 Å². The number of amides is 2. The van der Waals surface area contributed by atoms with Gasteiger partial charge in [-0.15, -0.1) is 11.8 Å². The van der Waals surface area contributed by atoms with Crippen molar-refractivity contribution in [3.63, 3.8) is 0 Å².